The van der Waals surface area contributed by atoms with Crippen LogP contribution in [0.3, 0.4) is 0 Å². The molecule has 4 nitrogen and oxygen atoms in total. The number of nitrogens with one attached hydrogen (secondary N) is 1. The molecule has 0 heterocycles. The second kappa shape index (κ2) is 8.39. The van der Waals surface area contributed by atoms with Gasteiger partial charge in [0.15, 0.2) is 0 Å². The predicted molar refractivity (Wildman–Crippen MR) is 95.4 cm³/mol. The zero-order valence-electron chi connectivity index (χ0n) is 13.0. The van der Waals surface area contributed by atoms with E-state index in [0.29, 0.717) is 12.3 Å². The van der Waals surface area contributed by atoms with Gasteiger partial charge in [-0.15, -0.1) is 0 Å². The van der Waals surface area contributed by atoms with E-state index in [1.807, 2.05) is 48.5 Å². The molecule has 0 fully saturated rings. The van der Waals surface area contributed by atoms with Crippen LogP contribution in [0.5, 0.6) is 5.75 Å². The lowest BCUT2D eigenvalue weighted by molar-refractivity contribution is -0.137. The summed E-state index contributed by atoms with van der Waals surface area (Å²) in [4.78, 5) is 11.9. The van der Waals surface area contributed by atoms with Crippen molar-refractivity contribution in [2.75, 3.05) is 19.0 Å². The Morgan fingerprint density at radius 1 is 1.17 bits per heavy atom. The fourth-order valence-electron chi connectivity index (χ4n) is 1.99. The minimum atomic E-state index is -0.390. The maximum Gasteiger partial charge on any atom is 0.332 e. The molecule has 0 atom stereocenters. The molecule has 5 heteroatoms. The van der Waals surface area contributed by atoms with E-state index in [0.717, 1.165) is 21.5 Å². The lowest BCUT2D eigenvalue weighted by atomic mass is 10.1. The third kappa shape index (κ3) is 4.86. The minimum absolute atomic E-state index is 0.334. The van der Waals surface area contributed by atoms with Gasteiger partial charge in [0.05, 0.1) is 19.4 Å². The van der Waals surface area contributed by atoms with Gasteiger partial charge in [0.1, 0.15) is 5.75 Å². The Morgan fingerprint density at radius 2 is 1.87 bits per heavy atom. The highest BCUT2D eigenvalue weighted by molar-refractivity contribution is 9.10. The van der Waals surface area contributed by atoms with Crippen molar-refractivity contribution in [3.63, 3.8) is 0 Å². The molecule has 2 rings (SSSR count). The molecule has 1 N–H and O–H groups in total. The predicted octanol–water partition coefficient (Wildman–Crippen LogP) is 4.47. The van der Waals surface area contributed by atoms with Crippen molar-refractivity contribution in [2.24, 2.45) is 0 Å². The Hall–Kier alpha value is -2.27. The fraction of sp³-hybridized carbons (Fsp3) is 0.167. The van der Waals surface area contributed by atoms with Crippen LogP contribution in [0.25, 0.3) is 5.70 Å². The average molecular weight is 376 g/mol. The van der Waals surface area contributed by atoms with Crippen LogP contribution in [-0.2, 0) is 9.53 Å². The van der Waals surface area contributed by atoms with E-state index in [9.17, 15) is 4.79 Å². The van der Waals surface area contributed by atoms with Crippen LogP contribution < -0.4 is 10.1 Å². The molecule has 0 bridgehead atoms. The van der Waals surface area contributed by atoms with Crippen LogP contribution >= 0.6 is 15.9 Å². The van der Waals surface area contributed by atoms with Crippen molar-refractivity contribution in [3.05, 3.63) is 64.6 Å². The molecule has 120 valence electrons. The zero-order chi connectivity index (χ0) is 16.7. The van der Waals surface area contributed by atoms with Crippen LogP contribution in [0.1, 0.15) is 12.5 Å². The Labute approximate surface area is 144 Å². The van der Waals surface area contributed by atoms with Crippen LogP contribution in [0, 0.1) is 0 Å². The van der Waals surface area contributed by atoms with Gasteiger partial charge in [-0.3, -0.25) is 0 Å². The van der Waals surface area contributed by atoms with E-state index in [1.165, 1.54) is 6.08 Å². The number of anilines is 1. The number of halogens is 1. The molecule has 0 aliphatic carbocycles. The molecular formula is C18H18BrNO3. The SMILES string of the molecule is CCOC(=O)/C=C(\Nc1ccc(OC)cc1)c1ccccc1Br. The molecule has 0 unspecified atom stereocenters. The first-order chi connectivity index (χ1) is 11.1. The Morgan fingerprint density at radius 3 is 2.48 bits per heavy atom. The first-order valence-corrected chi connectivity index (χ1v) is 7.97. The van der Waals surface area contributed by atoms with E-state index in [-0.39, 0.29) is 5.97 Å². The smallest absolute Gasteiger partial charge is 0.332 e. The van der Waals surface area contributed by atoms with E-state index >= 15 is 0 Å². The van der Waals surface area contributed by atoms with Crippen molar-refractivity contribution >= 4 is 33.3 Å². The summed E-state index contributed by atoms with van der Waals surface area (Å²) >= 11 is 3.51. The summed E-state index contributed by atoms with van der Waals surface area (Å²) in [7, 11) is 1.62. The zero-order valence-corrected chi connectivity index (χ0v) is 14.6. The summed E-state index contributed by atoms with van der Waals surface area (Å²) in [5, 5.41) is 3.25. The van der Waals surface area contributed by atoms with Gasteiger partial charge in [-0.05, 0) is 37.3 Å². The Kier molecular flexibility index (Phi) is 6.23. The van der Waals surface area contributed by atoms with E-state index in [4.69, 9.17) is 9.47 Å². The first kappa shape index (κ1) is 17.1. The van der Waals surface area contributed by atoms with Gasteiger partial charge < -0.3 is 14.8 Å². The van der Waals surface area contributed by atoms with E-state index in [2.05, 4.69) is 21.2 Å². The molecular weight excluding hydrogens is 358 g/mol. The molecule has 0 amide bonds. The number of esters is 1. The number of carbonyl (C=O) groups excluding carboxylic acids is 1. The summed E-state index contributed by atoms with van der Waals surface area (Å²) < 4.78 is 11.1. The van der Waals surface area contributed by atoms with Gasteiger partial charge in [0, 0.05) is 21.8 Å². The van der Waals surface area contributed by atoms with Crippen molar-refractivity contribution in [1.29, 1.82) is 0 Å². The van der Waals surface area contributed by atoms with Crippen molar-refractivity contribution in [3.8, 4) is 5.75 Å². The van der Waals surface area contributed by atoms with E-state index < -0.39 is 0 Å². The molecule has 0 aromatic heterocycles. The second-order valence-electron chi connectivity index (χ2n) is 4.64. The van der Waals surface area contributed by atoms with Crippen LogP contribution in [0.4, 0.5) is 5.69 Å². The second-order valence-corrected chi connectivity index (χ2v) is 5.50. The number of hydrogen-bond donors (Lipinski definition) is 1. The van der Waals surface area contributed by atoms with Crippen LogP contribution in [-0.4, -0.2) is 19.7 Å². The lowest BCUT2D eigenvalue weighted by Crippen LogP contribution is -2.06. The Bertz CT molecular complexity index is 696. The van der Waals surface area contributed by atoms with Gasteiger partial charge in [0.2, 0.25) is 0 Å². The molecule has 0 aliphatic rings. The summed E-state index contributed by atoms with van der Waals surface area (Å²) in [6, 6.07) is 15.1. The van der Waals surface area contributed by atoms with Gasteiger partial charge in [0.25, 0.3) is 0 Å². The van der Waals surface area contributed by atoms with Gasteiger partial charge in [-0.1, -0.05) is 34.1 Å². The monoisotopic (exact) mass is 375 g/mol. The lowest BCUT2D eigenvalue weighted by Gasteiger charge is -2.13. The number of methoxy groups -OCH3 is 1. The molecule has 23 heavy (non-hydrogen) atoms. The highest BCUT2D eigenvalue weighted by Crippen LogP contribution is 2.26. The standard InChI is InChI=1S/C18H18BrNO3/c1-3-23-18(21)12-17(15-6-4-5-7-16(15)19)20-13-8-10-14(22-2)11-9-13/h4-12,20H,3H2,1-2H3/b17-12-. The van der Waals surface area contributed by atoms with Crippen molar-refractivity contribution < 1.29 is 14.3 Å². The molecule has 2 aromatic carbocycles. The normalized spacial score (nSPS) is 11.0. The number of rotatable bonds is 6. The van der Waals surface area contributed by atoms with Crippen molar-refractivity contribution in [2.45, 2.75) is 6.92 Å². The summed E-state index contributed by atoms with van der Waals surface area (Å²) in [6.45, 7) is 2.11. The summed E-state index contributed by atoms with van der Waals surface area (Å²) in [5.74, 6) is 0.381. The molecule has 2 aromatic rings. The van der Waals surface area contributed by atoms with E-state index in [1.54, 1.807) is 14.0 Å². The van der Waals surface area contributed by atoms with Gasteiger partial charge in [-0.25, -0.2) is 4.79 Å². The molecule has 0 radical (unpaired) electrons. The third-order valence-electron chi connectivity index (χ3n) is 3.08. The maximum absolute atomic E-state index is 11.9. The molecule has 0 spiro atoms. The van der Waals surface area contributed by atoms with Gasteiger partial charge in [-0.2, -0.15) is 0 Å². The minimum Gasteiger partial charge on any atom is -0.497 e. The Balaban J connectivity index is 2.33. The average Bonchev–Trinajstić information content (AvgIpc) is 2.55. The summed E-state index contributed by atoms with van der Waals surface area (Å²) in [5.41, 5.74) is 2.37. The first-order valence-electron chi connectivity index (χ1n) is 7.18. The number of benzene rings is 2. The third-order valence-corrected chi connectivity index (χ3v) is 3.77. The number of carbonyl (C=O) groups is 1. The highest BCUT2D eigenvalue weighted by atomic mass is 79.9. The topological polar surface area (TPSA) is 47.6 Å². The molecule has 0 saturated carbocycles. The molecule has 0 saturated heterocycles. The quantitative estimate of drug-likeness (QED) is 0.597. The van der Waals surface area contributed by atoms with Crippen molar-refractivity contribution in [1.82, 2.24) is 0 Å². The number of ether oxygens (including phenoxy) is 2. The molecule has 0 aliphatic heterocycles. The van der Waals surface area contributed by atoms with Gasteiger partial charge >= 0.3 is 5.97 Å². The maximum atomic E-state index is 11.9. The van der Waals surface area contributed by atoms with Crippen LogP contribution in [0.2, 0.25) is 0 Å². The fourth-order valence-corrected chi connectivity index (χ4v) is 2.49. The summed E-state index contributed by atoms with van der Waals surface area (Å²) in [6.07, 6.45) is 1.45. The largest absolute Gasteiger partial charge is 0.497 e. The number of hydrogen-bond acceptors (Lipinski definition) is 4. The van der Waals surface area contributed by atoms with Crippen LogP contribution in [0.15, 0.2) is 59.1 Å². The highest BCUT2D eigenvalue weighted by Gasteiger charge is 2.09.